The first kappa shape index (κ1) is 29.0. The quantitative estimate of drug-likeness (QED) is 0.126. The Hall–Kier alpha value is -3.54. The minimum atomic E-state index is -1.11. The molecule has 11 nitrogen and oxygen atoms in total. The number of ether oxygens (including phenoxy) is 6. The molecule has 4 atom stereocenters. The van der Waals surface area contributed by atoms with Crippen molar-refractivity contribution in [3.63, 3.8) is 0 Å². The van der Waals surface area contributed by atoms with E-state index in [0.717, 1.165) is 0 Å². The van der Waals surface area contributed by atoms with Gasteiger partial charge in [0.2, 0.25) is 17.8 Å². The third-order valence-electron chi connectivity index (χ3n) is 5.77. The number of hydrogen-bond donors (Lipinski definition) is 1. The number of rotatable bonds is 12. The van der Waals surface area contributed by atoms with Gasteiger partial charge in [-0.05, 0) is 62.9 Å². The van der Waals surface area contributed by atoms with Crippen LogP contribution in [0, 0.1) is 5.92 Å². The van der Waals surface area contributed by atoms with Crippen molar-refractivity contribution in [1.82, 2.24) is 0 Å². The second kappa shape index (κ2) is 11.9. The zero-order chi connectivity index (χ0) is 28.1. The van der Waals surface area contributed by atoms with Crippen molar-refractivity contribution in [2.75, 3.05) is 20.8 Å². The average Bonchev–Trinajstić information content (AvgIpc) is 3.27. The van der Waals surface area contributed by atoms with Gasteiger partial charge in [-0.25, -0.2) is 9.59 Å². The zero-order valence-electron chi connectivity index (χ0n) is 22.3. The monoisotopic (exact) mass is 534 g/mol. The number of carbonyl (C=O) groups is 2. The van der Waals surface area contributed by atoms with Crippen LogP contribution >= 0.6 is 0 Å². The molecule has 3 rings (SSSR count). The minimum absolute atomic E-state index is 0.0492. The molecule has 208 valence electrons. The van der Waals surface area contributed by atoms with Gasteiger partial charge in [0.15, 0.2) is 17.1 Å². The lowest BCUT2D eigenvalue weighted by Gasteiger charge is -2.26. The van der Waals surface area contributed by atoms with Gasteiger partial charge in [0, 0.05) is 14.2 Å². The van der Waals surface area contributed by atoms with E-state index >= 15 is 0 Å². The normalized spacial score (nSPS) is 21.2. The van der Waals surface area contributed by atoms with Gasteiger partial charge >= 0.3 is 12.1 Å². The number of aliphatic hydroxyl groups is 1. The summed E-state index contributed by atoms with van der Waals surface area (Å²) in [6.45, 7) is 11.0. The number of allylic oxidation sites excluding steroid dienone is 1. The molecule has 11 heteroatoms. The average molecular weight is 535 g/mol. The maximum atomic E-state index is 12.5. The van der Waals surface area contributed by atoms with Gasteiger partial charge in [-0.3, -0.25) is 0 Å². The lowest BCUT2D eigenvalue weighted by Crippen LogP contribution is -2.42. The number of epoxide rings is 1. The summed E-state index contributed by atoms with van der Waals surface area (Å²) in [6.07, 6.45) is 0.541. The molecular weight excluding hydrogens is 500 g/mol. The number of hydrogen-bond acceptors (Lipinski definition) is 11. The van der Waals surface area contributed by atoms with Crippen LogP contribution in [0.1, 0.15) is 50.4 Å². The molecule has 38 heavy (non-hydrogen) atoms. The molecule has 1 saturated heterocycles. The minimum Gasteiger partial charge on any atom is -0.504 e. The van der Waals surface area contributed by atoms with Gasteiger partial charge in [0.05, 0.1) is 25.2 Å². The van der Waals surface area contributed by atoms with E-state index in [1.807, 2.05) is 6.92 Å². The molecule has 0 bridgehead atoms. The first-order valence-electron chi connectivity index (χ1n) is 11.9. The van der Waals surface area contributed by atoms with Crippen molar-refractivity contribution >= 4 is 17.9 Å². The molecule has 0 spiro atoms. The Morgan fingerprint density at radius 3 is 2.29 bits per heavy atom. The van der Waals surface area contributed by atoms with Crippen molar-refractivity contribution in [1.29, 1.82) is 0 Å². The summed E-state index contributed by atoms with van der Waals surface area (Å²) in [7, 11) is 2.87. The highest BCUT2D eigenvalue weighted by atomic mass is 16.8. The first-order valence-corrected chi connectivity index (χ1v) is 11.9. The van der Waals surface area contributed by atoms with Crippen LogP contribution in [-0.2, 0) is 28.4 Å². The van der Waals surface area contributed by atoms with E-state index in [1.165, 1.54) is 44.9 Å². The molecule has 0 amide bonds. The van der Waals surface area contributed by atoms with Crippen molar-refractivity contribution in [3.05, 3.63) is 66.2 Å². The Labute approximate surface area is 220 Å². The fraction of sp³-hybridized carbons (Fsp3) is 0.481. The molecule has 1 aliphatic rings. The van der Waals surface area contributed by atoms with E-state index in [2.05, 4.69) is 6.58 Å². The van der Waals surface area contributed by atoms with E-state index in [0.29, 0.717) is 6.42 Å². The van der Waals surface area contributed by atoms with E-state index in [-0.39, 0.29) is 41.1 Å². The number of methoxy groups -OCH3 is 2. The van der Waals surface area contributed by atoms with Crippen LogP contribution in [0.3, 0.4) is 0 Å². The predicted molar refractivity (Wildman–Crippen MR) is 133 cm³/mol. The molecular formula is C27H34O11. The summed E-state index contributed by atoms with van der Waals surface area (Å²) in [5.41, 5.74) is -1.59. The Morgan fingerprint density at radius 2 is 1.76 bits per heavy atom. The second-order valence-electron chi connectivity index (χ2n) is 9.83. The third kappa shape index (κ3) is 6.85. The summed E-state index contributed by atoms with van der Waals surface area (Å²) in [6, 6.07) is 6.09. The molecule has 2 aromatic rings. The van der Waals surface area contributed by atoms with E-state index in [9.17, 15) is 14.7 Å². The second-order valence-corrected chi connectivity index (χ2v) is 9.83. The Kier molecular flexibility index (Phi) is 9.08. The molecule has 0 aromatic carbocycles. The Morgan fingerprint density at radius 1 is 1.13 bits per heavy atom. The molecule has 0 saturated carbocycles. The van der Waals surface area contributed by atoms with Crippen molar-refractivity contribution in [3.8, 4) is 0 Å². The predicted octanol–water partition coefficient (Wildman–Crippen LogP) is 5.25. The van der Waals surface area contributed by atoms with E-state index < -0.39 is 35.7 Å². The van der Waals surface area contributed by atoms with Gasteiger partial charge in [0.25, 0.3) is 0 Å². The number of esters is 1. The van der Waals surface area contributed by atoms with Crippen molar-refractivity contribution < 1.29 is 52.0 Å². The van der Waals surface area contributed by atoms with Gasteiger partial charge in [-0.1, -0.05) is 13.5 Å². The van der Waals surface area contributed by atoms with Crippen molar-refractivity contribution in [2.45, 2.75) is 57.7 Å². The molecule has 0 radical (unpaired) electrons. The third-order valence-corrected chi connectivity index (χ3v) is 5.77. The fourth-order valence-electron chi connectivity index (χ4n) is 3.82. The van der Waals surface area contributed by atoms with Crippen LogP contribution in [-0.4, -0.2) is 61.7 Å². The van der Waals surface area contributed by atoms with Crippen LogP contribution in [0.25, 0.3) is 5.76 Å². The van der Waals surface area contributed by atoms with E-state index in [1.54, 1.807) is 26.8 Å². The SMILES string of the molecule is C=C(/C(O)=C(\OC(=O)c1ccco1)c1ccco1)[C@@H](C)C[C@@H]1O[C@@]1(COC)C(OC)OC(=O)OC(C)(C)C. The first-order chi connectivity index (χ1) is 17.9. The van der Waals surface area contributed by atoms with Gasteiger partial charge in [-0.2, -0.15) is 0 Å². The highest BCUT2D eigenvalue weighted by Gasteiger charge is 2.64. The lowest BCUT2D eigenvalue weighted by atomic mass is 9.90. The highest BCUT2D eigenvalue weighted by Crippen LogP contribution is 2.46. The smallest absolute Gasteiger partial charge is 0.504 e. The van der Waals surface area contributed by atoms with Crippen LogP contribution in [0.5, 0.6) is 0 Å². The molecule has 0 aliphatic carbocycles. The lowest BCUT2D eigenvalue weighted by molar-refractivity contribution is -0.160. The summed E-state index contributed by atoms with van der Waals surface area (Å²) in [5.74, 6) is -1.72. The summed E-state index contributed by atoms with van der Waals surface area (Å²) in [5, 5.41) is 11.1. The molecule has 1 fully saturated rings. The largest absolute Gasteiger partial charge is 0.511 e. The van der Waals surface area contributed by atoms with Gasteiger partial charge < -0.3 is 42.4 Å². The summed E-state index contributed by atoms with van der Waals surface area (Å²) < 4.78 is 43.1. The van der Waals surface area contributed by atoms with Crippen LogP contribution in [0.4, 0.5) is 4.79 Å². The maximum Gasteiger partial charge on any atom is 0.511 e. The fourth-order valence-corrected chi connectivity index (χ4v) is 3.82. The molecule has 1 unspecified atom stereocenters. The van der Waals surface area contributed by atoms with Crippen LogP contribution in [0.2, 0.25) is 0 Å². The van der Waals surface area contributed by atoms with Crippen LogP contribution < -0.4 is 0 Å². The standard InChI is InChI=1S/C27H34O11/c1-16(14-20-27(37-20,15-31-6)24(32-7)36-25(30)38-26(3,4)5)17(2)21(28)22(18-10-8-12-33-18)35-23(29)19-11-9-13-34-19/h8-13,16,20,24,28H,2,14-15H2,1,3-7H3/b22-21+/t16-,20-,24?,27+/m0/s1. The summed E-state index contributed by atoms with van der Waals surface area (Å²) in [4.78, 5) is 24.8. The highest BCUT2D eigenvalue weighted by molar-refractivity contribution is 5.90. The zero-order valence-corrected chi connectivity index (χ0v) is 22.3. The summed E-state index contributed by atoms with van der Waals surface area (Å²) >= 11 is 0. The molecule has 3 heterocycles. The molecule has 2 aromatic heterocycles. The Balaban J connectivity index is 1.75. The number of carbonyl (C=O) groups excluding carboxylic acids is 2. The van der Waals surface area contributed by atoms with Crippen LogP contribution in [0.15, 0.2) is 63.5 Å². The topological polar surface area (TPSA) is 139 Å². The molecule has 1 N–H and O–H groups in total. The molecule has 1 aliphatic heterocycles. The maximum absolute atomic E-state index is 12.5. The number of aliphatic hydroxyl groups excluding tert-OH is 1. The van der Waals surface area contributed by atoms with Gasteiger partial charge in [-0.15, -0.1) is 0 Å². The number of furan rings is 2. The van der Waals surface area contributed by atoms with Crippen molar-refractivity contribution in [2.24, 2.45) is 5.92 Å². The van der Waals surface area contributed by atoms with Gasteiger partial charge in [0.1, 0.15) is 5.60 Å². The van der Waals surface area contributed by atoms with E-state index in [4.69, 9.17) is 37.3 Å². The Bertz CT molecular complexity index is 1120.